The van der Waals surface area contributed by atoms with Crippen LogP contribution in [-0.4, -0.2) is 38.6 Å². The third kappa shape index (κ3) is 9.84. The molecule has 0 aromatic heterocycles. The van der Waals surface area contributed by atoms with Gasteiger partial charge < -0.3 is 10.2 Å². The van der Waals surface area contributed by atoms with Crippen molar-refractivity contribution in [1.29, 1.82) is 0 Å². The summed E-state index contributed by atoms with van der Waals surface area (Å²) in [5.41, 5.74) is 0. The van der Waals surface area contributed by atoms with E-state index >= 15 is 0 Å². The van der Waals surface area contributed by atoms with Gasteiger partial charge in [-0.05, 0) is 58.9 Å². The molecule has 0 amide bonds. The van der Waals surface area contributed by atoms with Crippen molar-refractivity contribution in [3.8, 4) is 0 Å². The van der Waals surface area contributed by atoms with Crippen LogP contribution in [0.4, 0.5) is 0 Å². The molecule has 0 heterocycles. The summed E-state index contributed by atoms with van der Waals surface area (Å²) in [4.78, 5) is 2.44. The van der Waals surface area contributed by atoms with Crippen LogP contribution in [0, 0.1) is 5.92 Å². The minimum absolute atomic E-state index is 0.833. The molecule has 0 saturated heterocycles. The fourth-order valence-corrected chi connectivity index (χ4v) is 1.27. The van der Waals surface area contributed by atoms with Crippen LogP contribution in [0.1, 0.15) is 33.1 Å². The monoisotopic (exact) mass is 186 g/mol. The van der Waals surface area contributed by atoms with E-state index in [0.29, 0.717) is 0 Å². The van der Waals surface area contributed by atoms with Gasteiger partial charge >= 0.3 is 0 Å². The Morgan fingerprint density at radius 1 is 1.15 bits per heavy atom. The lowest BCUT2D eigenvalue weighted by Gasteiger charge is -2.17. The summed E-state index contributed by atoms with van der Waals surface area (Å²) in [7, 11) is 4.24. The Morgan fingerprint density at radius 3 is 2.38 bits per heavy atom. The van der Waals surface area contributed by atoms with Gasteiger partial charge in [-0.25, -0.2) is 0 Å². The van der Waals surface area contributed by atoms with Crippen LogP contribution >= 0.6 is 0 Å². The third-order valence-electron chi connectivity index (χ3n) is 2.30. The first-order chi connectivity index (χ1) is 6.16. The topological polar surface area (TPSA) is 15.3 Å². The molecule has 2 nitrogen and oxygen atoms in total. The molecule has 0 radical (unpaired) electrons. The molecule has 80 valence electrons. The van der Waals surface area contributed by atoms with Gasteiger partial charge in [0, 0.05) is 0 Å². The lowest BCUT2D eigenvalue weighted by molar-refractivity contribution is 0.304. The smallest absolute Gasteiger partial charge is 0.00194 e. The zero-order valence-corrected chi connectivity index (χ0v) is 9.77. The van der Waals surface area contributed by atoms with E-state index in [-0.39, 0.29) is 0 Å². The van der Waals surface area contributed by atoms with Crippen molar-refractivity contribution < 1.29 is 0 Å². The standard InChI is InChI=1S/C11H26N2/c1-11(2)7-10-13(4)9-6-5-8-12-3/h11-12H,5-10H2,1-4H3. The summed E-state index contributed by atoms with van der Waals surface area (Å²) in [5.74, 6) is 0.833. The zero-order valence-electron chi connectivity index (χ0n) is 9.77. The molecule has 0 bridgehead atoms. The average molecular weight is 186 g/mol. The molecule has 0 aliphatic carbocycles. The van der Waals surface area contributed by atoms with Crippen LogP contribution in [0.3, 0.4) is 0 Å². The number of hydrogen-bond acceptors (Lipinski definition) is 2. The van der Waals surface area contributed by atoms with E-state index in [2.05, 4.69) is 31.1 Å². The van der Waals surface area contributed by atoms with Gasteiger partial charge in [-0.2, -0.15) is 0 Å². The van der Waals surface area contributed by atoms with E-state index in [1.54, 1.807) is 0 Å². The normalized spacial score (nSPS) is 11.5. The highest BCUT2D eigenvalue weighted by Crippen LogP contribution is 2.01. The average Bonchev–Trinajstić information content (AvgIpc) is 2.09. The van der Waals surface area contributed by atoms with Crippen molar-refractivity contribution in [2.24, 2.45) is 5.92 Å². The molecule has 0 saturated carbocycles. The first kappa shape index (κ1) is 12.9. The molecule has 0 atom stereocenters. The minimum Gasteiger partial charge on any atom is -0.320 e. The molecule has 2 heteroatoms. The summed E-state index contributed by atoms with van der Waals surface area (Å²) >= 11 is 0. The van der Waals surface area contributed by atoms with Gasteiger partial charge in [0.2, 0.25) is 0 Å². The summed E-state index contributed by atoms with van der Waals surface area (Å²) in [6, 6.07) is 0. The minimum atomic E-state index is 0.833. The summed E-state index contributed by atoms with van der Waals surface area (Å²) in [5, 5.41) is 3.17. The van der Waals surface area contributed by atoms with Crippen molar-refractivity contribution in [1.82, 2.24) is 10.2 Å². The van der Waals surface area contributed by atoms with E-state index in [1.165, 1.54) is 32.4 Å². The van der Waals surface area contributed by atoms with Crippen LogP contribution in [0.5, 0.6) is 0 Å². The van der Waals surface area contributed by atoms with E-state index < -0.39 is 0 Å². The molecule has 0 aromatic rings. The molecule has 13 heavy (non-hydrogen) atoms. The van der Waals surface area contributed by atoms with Crippen molar-refractivity contribution in [2.75, 3.05) is 33.7 Å². The Morgan fingerprint density at radius 2 is 1.85 bits per heavy atom. The van der Waals surface area contributed by atoms with Gasteiger partial charge in [-0.3, -0.25) is 0 Å². The second-order valence-electron chi connectivity index (χ2n) is 4.30. The molecule has 0 spiro atoms. The highest BCUT2D eigenvalue weighted by atomic mass is 15.1. The predicted octanol–water partition coefficient (Wildman–Crippen LogP) is 1.96. The van der Waals surface area contributed by atoms with Crippen LogP contribution < -0.4 is 5.32 Å². The van der Waals surface area contributed by atoms with Crippen molar-refractivity contribution in [3.05, 3.63) is 0 Å². The Bertz CT molecular complexity index is 102. The Hall–Kier alpha value is -0.0800. The maximum atomic E-state index is 3.17. The fourth-order valence-electron chi connectivity index (χ4n) is 1.27. The largest absolute Gasteiger partial charge is 0.320 e. The maximum Gasteiger partial charge on any atom is -0.00194 e. The number of nitrogens with zero attached hydrogens (tertiary/aromatic N) is 1. The van der Waals surface area contributed by atoms with Gasteiger partial charge in [0.05, 0.1) is 0 Å². The van der Waals surface area contributed by atoms with Gasteiger partial charge in [-0.15, -0.1) is 0 Å². The summed E-state index contributed by atoms with van der Waals surface area (Å²) in [6.45, 7) is 8.22. The van der Waals surface area contributed by atoms with Crippen molar-refractivity contribution in [2.45, 2.75) is 33.1 Å². The van der Waals surface area contributed by atoms with Gasteiger partial charge in [0.15, 0.2) is 0 Å². The molecule has 0 aliphatic rings. The van der Waals surface area contributed by atoms with Crippen LogP contribution in [-0.2, 0) is 0 Å². The molecule has 0 aliphatic heterocycles. The summed E-state index contributed by atoms with van der Waals surface area (Å²) < 4.78 is 0. The van der Waals surface area contributed by atoms with Gasteiger partial charge in [0.25, 0.3) is 0 Å². The SMILES string of the molecule is CNCCCCN(C)CCC(C)C. The van der Waals surface area contributed by atoms with E-state index in [9.17, 15) is 0 Å². The zero-order chi connectivity index (χ0) is 10.1. The molecule has 1 N–H and O–H groups in total. The molecule has 0 fully saturated rings. The Kier molecular flexibility index (Phi) is 8.46. The number of unbranched alkanes of at least 4 members (excludes halogenated alkanes) is 1. The molecule has 0 unspecified atom stereocenters. The van der Waals surface area contributed by atoms with Crippen molar-refractivity contribution in [3.63, 3.8) is 0 Å². The maximum absolute atomic E-state index is 3.17. The van der Waals surface area contributed by atoms with Crippen LogP contribution in [0.15, 0.2) is 0 Å². The van der Waals surface area contributed by atoms with E-state index in [0.717, 1.165) is 12.5 Å². The van der Waals surface area contributed by atoms with Crippen LogP contribution in [0.25, 0.3) is 0 Å². The van der Waals surface area contributed by atoms with Gasteiger partial charge in [0.1, 0.15) is 0 Å². The van der Waals surface area contributed by atoms with Crippen LogP contribution in [0.2, 0.25) is 0 Å². The van der Waals surface area contributed by atoms with E-state index in [4.69, 9.17) is 0 Å². The molecular weight excluding hydrogens is 160 g/mol. The number of nitrogens with one attached hydrogen (secondary N) is 1. The first-order valence-corrected chi connectivity index (χ1v) is 5.50. The quantitative estimate of drug-likeness (QED) is 0.583. The lowest BCUT2D eigenvalue weighted by atomic mass is 10.1. The van der Waals surface area contributed by atoms with E-state index in [1.807, 2.05) is 7.05 Å². The summed E-state index contributed by atoms with van der Waals surface area (Å²) in [6.07, 6.45) is 3.93. The second kappa shape index (κ2) is 8.52. The fraction of sp³-hybridized carbons (Fsp3) is 1.00. The molecule has 0 rings (SSSR count). The van der Waals surface area contributed by atoms with Crippen molar-refractivity contribution >= 4 is 0 Å². The Balaban J connectivity index is 3.15. The molecule has 0 aromatic carbocycles. The van der Waals surface area contributed by atoms with Gasteiger partial charge in [-0.1, -0.05) is 13.8 Å². The highest BCUT2D eigenvalue weighted by Gasteiger charge is 1.99. The lowest BCUT2D eigenvalue weighted by Crippen LogP contribution is -2.22. The number of hydrogen-bond donors (Lipinski definition) is 1. The third-order valence-corrected chi connectivity index (χ3v) is 2.30. The first-order valence-electron chi connectivity index (χ1n) is 5.50. The predicted molar refractivity (Wildman–Crippen MR) is 60.1 cm³/mol. The Labute approximate surface area is 83.7 Å². The highest BCUT2D eigenvalue weighted by molar-refractivity contribution is 4.55. The second-order valence-corrected chi connectivity index (χ2v) is 4.30. The number of rotatable bonds is 8. The molecular formula is C11H26N2.